The minimum absolute atomic E-state index is 0.725. The summed E-state index contributed by atoms with van der Waals surface area (Å²) >= 11 is 0. The lowest BCUT2D eigenvalue weighted by atomic mass is 9.97. The summed E-state index contributed by atoms with van der Waals surface area (Å²) in [6.45, 7) is 2.59. The average Bonchev–Trinajstić information content (AvgIpc) is 3.34. The van der Waals surface area contributed by atoms with Crippen LogP contribution in [0.15, 0.2) is 0 Å². The van der Waals surface area contributed by atoms with Crippen LogP contribution in [0.5, 0.6) is 0 Å². The highest BCUT2D eigenvalue weighted by molar-refractivity contribution is 5.86. The van der Waals surface area contributed by atoms with E-state index >= 15 is 0 Å². The Balaban J connectivity index is 2.62. The van der Waals surface area contributed by atoms with Gasteiger partial charge in [0, 0.05) is 82.3 Å². The maximum Gasteiger partial charge on any atom is 0.303 e. The Labute approximate surface area is 455 Å². The van der Waals surface area contributed by atoms with E-state index in [1.165, 1.54) is 0 Å². The van der Waals surface area contributed by atoms with Crippen molar-refractivity contribution in [3.8, 4) is 0 Å². The van der Waals surface area contributed by atoms with E-state index in [1.54, 1.807) is 0 Å². The molecule has 18 atom stereocenters. The first-order valence-corrected chi connectivity index (χ1v) is 24.1. The van der Waals surface area contributed by atoms with Crippen LogP contribution >= 0.6 is 0 Å². The smallest absolute Gasteiger partial charge is 0.303 e. The molecule has 2 heterocycles. The van der Waals surface area contributed by atoms with Crippen molar-refractivity contribution in [1.29, 1.82) is 0 Å². The zero-order valence-corrected chi connectivity index (χ0v) is 44.9. The fourth-order valence-corrected chi connectivity index (χ4v) is 7.97. The number of hydrogen-bond donors (Lipinski definition) is 8. The van der Waals surface area contributed by atoms with Gasteiger partial charge in [-0.3, -0.25) is 57.5 Å². The van der Waals surface area contributed by atoms with Gasteiger partial charge in [0.25, 0.3) is 11.8 Å². The SMILES string of the molecule is CC(=O)OC(C(=O)NCCNC(=O)C(OC(C)=O)C(OC(C)=O)C(OC1OC(CO)C(OC(C)=O)C(OC(C)=O)C1OC(C)=O)C(O)CO)C(OC(C)=O)C(OC1OC(CO)C(OC(C)=O)C(OC(C)=O)C1OC(C)=O)C(O)CO. The summed E-state index contributed by atoms with van der Waals surface area (Å²) in [6.07, 6.45) is -37.1. The van der Waals surface area contributed by atoms with E-state index in [4.69, 9.17) is 66.3 Å². The zero-order chi connectivity index (χ0) is 60.9. The summed E-state index contributed by atoms with van der Waals surface area (Å²) in [6, 6.07) is 0. The van der Waals surface area contributed by atoms with E-state index in [0.717, 1.165) is 69.2 Å². The third-order valence-electron chi connectivity index (χ3n) is 10.7. The summed E-state index contributed by atoms with van der Waals surface area (Å²) in [5.74, 6) is -14.1. The third-order valence-corrected chi connectivity index (χ3v) is 10.7. The molecule has 0 radical (unpaired) electrons. The average molecular weight is 1160 g/mol. The molecule has 34 heteroatoms. The lowest BCUT2D eigenvalue weighted by Crippen LogP contribution is -2.65. The van der Waals surface area contributed by atoms with Crippen LogP contribution in [0.3, 0.4) is 0 Å². The Morgan fingerprint density at radius 2 is 0.637 bits per heavy atom. The fourth-order valence-electron chi connectivity index (χ4n) is 7.97. The van der Waals surface area contributed by atoms with E-state index in [9.17, 15) is 88.2 Å². The Hall–Kier alpha value is -6.76. The van der Waals surface area contributed by atoms with Crippen molar-refractivity contribution in [2.45, 2.75) is 179 Å². The molecule has 0 aromatic rings. The van der Waals surface area contributed by atoms with Gasteiger partial charge in [0.15, 0.2) is 61.4 Å². The largest absolute Gasteiger partial charge is 0.456 e. The molecule has 2 aliphatic rings. The Morgan fingerprint density at radius 1 is 0.375 bits per heavy atom. The number of ether oxygens (including phenoxy) is 14. The predicted octanol–water partition coefficient (Wildman–Crippen LogP) is -6.55. The van der Waals surface area contributed by atoms with Crippen molar-refractivity contribution in [1.82, 2.24) is 10.6 Å². The number of aliphatic hydroxyl groups excluding tert-OH is 6. The second-order valence-corrected chi connectivity index (χ2v) is 17.4. The third kappa shape index (κ3) is 21.4. The molecule has 0 bridgehead atoms. The second-order valence-electron chi connectivity index (χ2n) is 17.4. The molecule has 34 nitrogen and oxygen atoms in total. The first kappa shape index (κ1) is 69.3. The zero-order valence-electron chi connectivity index (χ0n) is 44.9. The first-order chi connectivity index (χ1) is 37.4. The molecule has 2 rings (SSSR count). The van der Waals surface area contributed by atoms with E-state index < -0.39 is 221 Å². The maximum absolute atomic E-state index is 14.0. The van der Waals surface area contributed by atoms with Gasteiger partial charge in [0.05, 0.1) is 26.4 Å². The summed E-state index contributed by atoms with van der Waals surface area (Å²) in [5.41, 5.74) is 0. The number of esters is 10. The van der Waals surface area contributed by atoms with Crippen LogP contribution in [0.4, 0.5) is 0 Å². The molecule has 80 heavy (non-hydrogen) atoms. The van der Waals surface area contributed by atoms with Crippen LogP contribution in [0.1, 0.15) is 69.2 Å². The molecule has 0 spiro atoms. The monoisotopic (exact) mass is 1160 g/mol. The number of hydrogen-bond acceptors (Lipinski definition) is 32. The van der Waals surface area contributed by atoms with Crippen LogP contribution in [-0.4, -0.2) is 252 Å². The summed E-state index contributed by atoms with van der Waals surface area (Å²) in [7, 11) is 0. The lowest BCUT2D eigenvalue weighted by Gasteiger charge is -2.45. The highest BCUT2D eigenvalue weighted by Crippen LogP contribution is 2.34. The Bertz CT molecular complexity index is 2030. The quantitative estimate of drug-likeness (QED) is 0.0196. The van der Waals surface area contributed by atoms with Crippen molar-refractivity contribution >= 4 is 71.5 Å². The standard InChI is InChI=1S/C46H68N2O32/c1-17(53)67-33-29(15-51)77-45(41(75-25(9)61)37(33)71-21(5)57)79-31(27(63)13-49)35(69-19(3)55)39(73-23(7)59)43(65)47-11-12-48-44(66)40(74-24(8)60)36(70-20(4)56)32(28(64)14-50)80-46-42(76-26(10)62)38(72-22(6)58)34(68-18(2)54)30(16-52)78-46/h27-42,45-46,49-52,63-64H,11-16H2,1-10H3,(H,47,65)(H,48,66). The van der Waals surface area contributed by atoms with E-state index in [-0.39, 0.29) is 0 Å². The number of aliphatic hydroxyl groups is 6. The molecule has 454 valence electrons. The van der Waals surface area contributed by atoms with Crippen molar-refractivity contribution in [2.75, 3.05) is 39.5 Å². The van der Waals surface area contributed by atoms with Crippen molar-refractivity contribution in [3.63, 3.8) is 0 Å². The Kier molecular flexibility index (Phi) is 28.7. The van der Waals surface area contributed by atoms with Gasteiger partial charge in [-0.2, -0.15) is 0 Å². The van der Waals surface area contributed by atoms with Gasteiger partial charge in [-0.15, -0.1) is 0 Å². The number of carbonyl (C=O) groups excluding carboxylic acids is 12. The van der Waals surface area contributed by atoms with Crippen LogP contribution in [0.25, 0.3) is 0 Å². The van der Waals surface area contributed by atoms with Gasteiger partial charge in [-0.1, -0.05) is 0 Å². The molecule has 2 saturated heterocycles. The molecule has 0 aromatic carbocycles. The number of amides is 2. The van der Waals surface area contributed by atoms with Crippen LogP contribution in [0, 0.1) is 0 Å². The molecule has 2 aliphatic heterocycles. The molecule has 0 aromatic heterocycles. The molecule has 8 N–H and O–H groups in total. The molecule has 2 amide bonds. The maximum atomic E-state index is 14.0. The molecule has 18 unspecified atom stereocenters. The van der Waals surface area contributed by atoms with Gasteiger partial charge in [0.2, 0.25) is 12.2 Å². The highest BCUT2D eigenvalue weighted by Gasteiger charge is 2.57. The lowest BCUT2D eigenvalue weighted by molar-refractivity contribution is -0.330. The summed E-state index contributed by atoms with van der Waals surface area (Å²) < 4.78 is 76.0. The fraction of sp³-hybridized carbons (Fsp3) is 0.739. The van der Waals surface area contributed by atoms with Crippen molar-refractivity contribution in [3.05, 3.63) is 0 Å². The van der Waals surface area contributed by atoms with E-state index in [2.05, 4.69) is 10.6 Å². The first-order valence-electron chi connectivity index (χ1n) is 24.1. The van der Waals surface area contributed by atoms with Crippen molar-refractivity contribution < 1.29 is 154 Å². The van der Waals surface area contributed by atoms with Gasteiger partial charge in [-0.25, -0.2) is 0 Å². The van der Waals surface area contributed by atoms with Gasteiger partial charge in [-0.05, 0) is 0 Å². The molecule has 2 fully saturated rings. The van der Waals surface area contributed by atoms with Gasteiger partial charge in [0.1, 0.15) is 36.6 Å². The van der Waals surface area contributed by atoms with Crippen LogP contribution in [0.2, 0.25) is 0 Å². The summed E-state index contributed by atoms with van der Waals surface area (Å²) in [5, 5.41) is 67.6. The minimum Gasteiger partial charge on any atom is -0.456 e. The normalized spacial score (nSPS) is 25.5. The van der Waals surface area contributed by atoms with E-state index in [1.807, 2.05) is 0 Å². The highest BCUT2D eigenvalue weighted by atomic mass is 16.8. The van der Waals surface area contributed by atoms with Crippen LogP contribution < -0.4 is 10.6 Å². The number of nitrogens with one attached hydrogen (secondary N) is 2. The predicted molar refractivity (Wildman–Crippen MR) is 249 cm³/mol. The number of carbonyl (C=O) groups is 12. The molecular formula is C46H68N2O32. The van der Waals surface area contributed by atoms with Crippen molar-refractivity contribution in [2.24, 2.45) is 0 Å². The Morgan fingerprint density at radius 3 is 0.875 bits per heavy atom. The molecule has 0 saturated carbocycles. The van der Waals surface area contributed by atoms with E-state index in [0.29, 0.717) is 0 Å². The topological polar surface area (TPSA) is 480 Å². The van der Waals surface area contributed by atoms with Gasteiger partial charge < -0.3 is 108 Å². The minimum atomic E-state index is -2.39. The summed E-state index contributed by atoms with van der Waals surface area (Å²) in [4.78, 5) is 152. The van der Waals surface area contributed by atoms with Gasteiger partial charge >= 0.3 is 59.7 Å². The van der Waals surface area contributed by atoms with Crippen LogP contribution in [-0.2, 0) is 124 Å². The number of rotatable bonds is 29. The molecular weight excluding hydrogens is 1090 g/mol. The molecule has 0 aliphatic carbocycles. The second kappa shape index (κ2) is 33.1.